The van der Waals surface area contributed by atoms with E-state index in [0.717, 1.165) is 24.0 Å². The quantitative estimate of drug-likeness (QED) is 0.843. The second-order valence-electron chi connectivity index (χ2n) is 3.29. The Balaban J connectivity index is 2.34. The molecule has 1 rings (SSSR count). The van der Waals surface area contributed by atoms with Crippen LogP contribution in [0.1, 0.15) is 13.3 Å². The highest BCUT2D eigenvalue weighted by Gasteiger charge is 2.01. The fourth-order valence-corrected chi connectivity index (χ4v) is 1.26. The van der Waals surface area contributed by atoms with Crippen molar-refractivity contribution < 1.29 is 0 Å². The first kappa shape index (κ1) is 11.4. The summed E-state index contributed by atoms with van der Waals surface area (Å²) in [5.74, 6) is 1.21. The van der Waals surface area contributed by atoms with Crippen LogP contribution in [0, 0.1) is 5.92 Å². The van der Waals surface area contributed by atoms with Crippen LogP contribution in [0.2, 0.25) is 0 Å². The summed E-state index contributed by atoms with van der Waals surface area (Å²) < 4.78 is 0.887. The summed E-state index contributed by atoms with van der Waals surface area (Å²) in [6.07, 6.45) is 4.47. The number of anilines is 1. The van der Waals surface area contributed by atoms with Gasteiger partial charge < -0.3 is 11.1 Å². The molecule has 1 aromatic rings. The van der Waals surface area contributed by atoms with Gasteiger partial charge in [0.15, 0.2) is 0 Å². The first-order valence-corrected chi connectivity index (χ1v) is 5.43. The second kappa shape index (κ2) is 5.93. The summed E-state index contributed by atoms with van der Waals surface area (Å²) in [4.78, 5) is 8.22. The summed E-state index contributed by atoms with van der Waals surface area (Å²) in [5, 5.41) is 3.16. The van der Waals surface area contributed by atoms with Gasteiger partial charge in [0.25, 0.3) is 0 Å². The van der Waals surface area contributed by atoms with E-state index in [4.69, 9.17) is 5.73 Å². The Morgan fingerprint density at radius 1 is 1.50 bits per heavy atom. The summed E-state index contributed by atoms with van der Waals surface area (Å²) in [7, 11) is 0. The lowest BCUT2D eigenvalue weighted by molar-refractivity contribution is 0.566. The molecule has 0 saturated carbocycles. The molecule has 0 saturated heterocycles. The molecule has 1 heterocycles. The van der Waals surface area contributed by atoms with Crippen molar-refractivity contribution >= 4 is 21.9 Å². The maximum Gasteiger partial charge on any atom is 0.222 e. The predicted molar refractivity (Wildman–Crippen MR) is 61.1 cm³/mol. The van der Waals surface area contributed by atoms with E-state index in [9.17, 15) is 0 Å². The molecule has 0 spiro atoms. The van der Waals surface area contributed by atoms with Gasteiger partial charge in [0.2, 0.25) is 5.95 Å². The molecule has 0 aliphatic heterocycles. The van der Waals surface area contributed by atoms with E-state index in [1.54, 1.807) is 12.4 Å². The van der Waals surface area contributed by atoms with Gasteiger partial charge in [-0.15, -0.1) is 0 Å². The van der Waals surface area contributed by atoms with Gasteiger partial charge in [0, 0.05) is 18.9 Å². The highest BCUT2D eigenvalue weighted by atomic mass is 79.9. The molecule has 1 atom stereocenters. The lowest BCUT2D eigenvalue weighted by Gasteiger charge is -2.10. The zero-order chi connectivity index (χ0) is 10.4. The molecule has 0 bridgehead atoms. The van der Waals surface area contributed by atoms with Gasteiger partial charge in [-0.3, -0.25) is 0 Å². The van der Waals surface area contributed by atoms with Gasteiger partial charge in [0.05, 0.1) is 4.47 Å². The number of aromatic nitrogens is 2. The van der Waals surface area contributed by atoms with Crippen LogP contribution in [-0.4, -0.2) is 23.1 Å². The topological polar surface area (TPSA) is 63.8 Å². The molecule has 5 heteroatoms. The normalized spacial score (nSPS) is 12.5. The number of nitrogens with one attached hydrogen (secondary N) is 1. The Bertz CT molecular complexity index is 262. The maximum absolute atomic E-state index is 5.45. The summed E-state index contributed by atoms with van der Waals surface area (Å²) in [5.41, 5.74) is 5.45. The Labute approximate surface area is 92.5 Å². The summed E-state index contributed by atoms with van der Waals surface area (Å²) >= 11 is 3.28. The average Bonchev–Trinajstić information content (AvgIpc) is 2.17. The van der Waals surface area contributed by atoms with Crippen molar-refractivity contribution in [1.29, 1.82) is 0 Å². The third-order valence-corrected chi connectivity index (χ3v) is 2.30. The number of nitrogens with two attached hydrogens (primary N) is 1. The first-order valence-electron chi connectivity index (χ1n) is 4.64. The molecule has 78 valence electrons. The standard InChI is InChI=1S/C9H15BrN4/c1-7(2-3-11)4-12-9-13-5-8(10)6-14-9/h5-7H,2-4,11H2,1H3,(H,12,13,14). The molecule has 4 nitrogen and oxygen atoms in total. The van der Waals surface area contributed by atoms with Crippen molar-refractivity contribution in [3.8, 4) is 0 Å². The van der Waals surface area contributed by atoms with E-state index in [1.807, 2.05) is 0 Å². The zero-order valence-electron chi connectivity index (χ0n) is 8.20. The van der Waals surface area contributed by atoms with Gasteiger partial charge in [0.1, 0.15) is 0 Å². The van der Waals surface area contributed by atoms with E-state index in [2.05, 4.69) is 38.1 Å². The third-order valence-electron chi connectivity index (χ3n) is 1.89. The zero-order valence-corrected chi connectivity index (χ0v) is 9.79. The van der Waals surface area contributed by atoms with Crippen molar-refractivity contribution in [2.45, 2.75) is 13.3 Å². The number of halogens is 1. The summed E-state index contributed by atoms with van der Waals surface area (Å²) in [6, 6.07) is 0. The highest BCUT2D eigenvalue weighted by Crippen LogP contribution is 2.07. The van der Waals surface area contributed by atoms with E-state index < -0.39 is 0 Å². The van der Waals surface area contributed by atoms with Crippen LogP contribution in [0.5, 0.6) is 0 Å². The van der Waals surface area contributed by atoms with E-state index in [-0.39, 0.29) is 0 Å². The van der Waals surface area contributed by atoms with Gasteiger partial charge in [-0.05, 0) is 34.8 Å². The Morgan fingerprint density at radius 3 is 2.71 bits per heavy atom. The largest absolute Gasteiger partial charge is 0.354 e. The molecule has 3 N–H and O–H groups in total. The van der Waals surface area contributed by atoms with Crippen molar-refractivity contribution in [3.05, 3.63) is 16.9 Å². The molecule has 0 fully saturated rings. The van der Waals surface area contributed by atoms with Crippen LogP contribution in [0.3, 0.4) is 0 Å². The number of hydrogen-bond donors (Lipinski definition) is 2. The van der Waals surface area contributed by atoms with Crippen LogP contribution in [0.15, 0.2) is 16.9 Å². The smallest absolute Gasteiger partial charge is 0.222 e. The number of nitrogens with zero attached hydrogens (tertiary/aromatic N) is 2. The van der Waals surface area contributed by atoms with Crippen molar-refractivity contribution in [2.24, 2.45) is 11.7 Å². The molecule has 14 heavy (non-hydrogen) atoms. The van der Waals surface area contributed by atoms with Gasteiger partial charge in [-0.25, -0.2) is 9.97 Å². The van der Waals surface area contributed by atoms with Crippen LogP contribution in [0.4, 0.5) is 5.95 Å². The first-order chi connectivity index (χ1) is 6.72. The molecular weight excluding hydrogens is 244 g/mol. The molecule has 0 radical (unpaired) electrons. The SMILES string of the molecule is CC(CCN)CNc1ncc(Br)cn1. The predicted octanol–water partition coefficient (Wildman–Crippen LogP) is 1.64. The van der Waals surface area contributed by atoms with E-state index in [0.29, 0.717) is 11.9 Å². The number of hydrogen-bond acceptors (Lipinski definition) is 4. The molecule has 0 aliphatic rings. The van der Waals surface area contributed by atoms with Crippen molar-refractivity contribution in [2.75, 3.05) is 18.4 Å². The van der Waals surface area contributed by atoms with E-state index >= 15 is 0 Å². The Kier molecular flexibility index (Phi) is 4.82. The Hall–Kier alpha value is -0.680. The van der Waals surface area contributed by atoms with Crippen LogP contribution >= 0.6 is 15.9 Å². The molecule has 0 amide bonds. The highest BCUT2D eigenvalue weighted by molar-refractivity contribution is 9.10. The van der Waals surface area contributed by atoms with E-state index in [1.165, 1.54) is 0 Å². The van der Waals surface area contributed by atoms with Crippen LogP contribution in [0.25, 0.3) is 0 Å². The van der Waals surface area contributed by atoms with Crippen LogP contribution in [-0.2, 0) is 0 Å². The summed E-state index contributed by atoms with van der Waals surface area (Å²) in [6.45, 7) is 3.74. The minimum Gasteiger partial charge on any atom is -0.354 e. The lowest BCUT2D eigenvalue weighted by atomic mass is 10.1. The molecule has 1 unspecified atom stereocenters. The molecule has 0 aliphatic carbocycles. The minimum absolute atomic E-state index is 0.548. The second-order valence-corrected chi connectivity index (χ2v) is 4.20. The fraction of sp³-hybridized carbons (Fsp3) is 0.556. The van der Waals surface area contributed by atoms with Crippen LogP contribution < -0.4 is 11.1 Å². The number of rotatable bonds is 5. The molecular formula is C9H15BrN4. The minimum atomic E-state index is 0.548. The monoisotopic (exact) mass is 258 g/mol. The lowest BCUT2D eigenvalue weighted by Crippen LogP contribution is -2.16. The van der Waals surface area contributed by atoms with Crippen molar-refractivity contribution in [1.82, 2.24) is 9.97 Å². The third kappa shape index (κ3) is 4.02. The maximum atomic E-state index is 5.45. The molecule has 0 aromatic carbocycles. The Morgan fingerprint density at radius 2 is 2.14 bits per heavy atom. The van der Waals surface area contributed by atoms with Crippen molar-refractivity contribution in [3.63, 3.8) is 0 Å². The van der Waals surface area contributed by atoms with Gasteiger partial charge in [-0.1, -0.05) is 6.92 Å². The van der Waals surface area contributed by atoms with Gasteiger partial charge >= 0.3 is 0 Å². The fourth-order valence-electron chi connectivity index (χ4n) is 1.06. The average molecular weight is 259 g/mol. The molecule has 1 aromatic heterocycles. The van der Waals surface area contributed by atoms with Gasteiger partial charge in [-0.2, -0.15) is 0 Å².